The zero-order chi connectivity index (χ0) is 13.9. The molecule has 0 unspecified atom stereocenters. The van der Waals surface area contributed by atoms with Crippen molar-refractivity contribution in [3.63, 3.8) is 0 Å². The van der Waals surface area contributed by atoms with Gasteiger partial charge in [0.1, 0.15) is 10.7 Å². The first-order valence-corrected chi connectivity index (χ1v) is 6.45. The fraction of sp³-hybridized carbons (Fsp3) is 0.300. The molecule has 0 saturated carbocycles. The summed E-state index contributed by atoms with van der Waals surface area (Å²) >= 11 is 0. The molecular weight excluding hydrogens is 261 g/mol. The molecule has 3 N–H and O–H groups in total. The maximum Gasteiger partial charge on any atom is 0.245 e. The summed E-state index contributed by atoms with van der Waals surface area (Å²) in [6.07, 6.45) is 0. The van der Waals surface area contributed by atoms with Gasteiger partial charge in [0.2, 0.25) is 15.9 Å². The number of nitrogens with two attached hydrogens (primary N) is 1. The largest absolute Gasteiger partial charge is 0.398 e. The third-order valence-electron chi connectivity index (χ3n) is 2.31. The second-order valence-electron chi connectivity index (χ2n) is 3.62. The van der Waals surface area contributed by atoms with Crippen molar-refractivity contribution in [1.29, 1.82) is 0 Å². The van der Waals surface area contributed by atoms with Crippen molar-refractivity contribution >= 4 is 21.6 Å². The summed E-state index contributed by atoms with van der Waals surface area (Å²) in [6.45, 7) is -0.366. The molecule has 0 aliphatic heterocycles. The van der Waals surface area contributed by atoms with Crippen LogP contribution < -0.4 is 11.1 Å². The lowest BCUT2D eigenvalue weighted by atomic mass is 10.3. The van der Waals surface area contributed by atoms with Crippen LogP contribution in [0.2, 0.25) is 0 Å². The van der Waals surface area contributed by atoms with Gasteiger partial charge >= 0.3 is 0 Å². The molecule has 1 aromatic rings. The predicted molar refractivity (Wildman–Crippen MR) is 64.7 cm³/mol. The number of sulfonamides is 1. The van der Waals surface area contributed by atoms with E-state index in [4.69, 9.17) is 5.73 Å². The Kier molecular flexibility index (Phi) is 4.25. The summed E-state index contributed by atoms with van der Waals surface area (Å²) < 4.78 is 38.0. The van der Waals surface area contributed by atoms with E-state index in [1.165, 1.54) is 14.1 Å². The van der Waals surface area contributed by atoms with Gasteiger partial charge in [-0.05, 0) is 18.2 Å². The zero-order valence-electron chi connectivity index (χ0n) is 9.97. The SMILES string of the molecule is CNC(=O)CN(C)S(=O)(=O)c1cc(F)ccc1N. The zero-order valence-corrected chi connectivity index (χ0v) is 10.8. The number of nitrogens with zero attached hydrogens (tertiary/aromatic N) is 1. The number of halogens is 1. The lowest BCUT2D eigenvalue weighted by molar-refractivity contribution is -0.120. The third-order valence-corrected chi connectivity index (χ3v) is 4.17. The van der Waals surface area contributed by atoms with Gasteiger partial charge in [-0.15, -0.1) is 0 Å². The first-order valence-electron chi connectivity index (χ1n) is 5.01. The van der Waals surface area contributed by atoms with Crippen LogP contribution in [0.3, 0.4) is 0 Å². The highest BCUT2D eigenvalue weighted by molar-refractivity contribution is 7.89. The van der Waals surface area contributed by atoms with Crippen molar-refractivity contribution in [2.45, 2.75) is 4.90 Å². The number of hydrogen-bond donors (Lipinski definition) is 2. The number of hydrogen-bond acceptors (Lipinski definition) is 4. The molecule has 0 bridgehead atoms. The van der Waals surface area contributed by atoms with Gasteiger partial charge in [0.05, 0.1) is 12.2 Å². The van der Waals surface area contributed by atoms with Crippen molar-refractivity contribution in [3.8, 4) is 0 Å². The van der Waals surface area contributed by atoms with Crippen LogP contribution in [-0.4, -0.2) is 39.3 Å². The number of rotatable bonds is 4. The van der Waals surface area contributed by atoms with Gasteiger partial charge in [-0.3, -0.25) is 4.79 Å². The van der Waals surface area contributed by atoms with E-state index in [0.717, 1.165) is 22.5 Å². The fourth-order valence-electron chi connectivity index (χ4n) is 1.27. The summed E-state index contributed by atoms with van der Waals surface area (Å²) in [6, 6.07) is 3.05. The highest BCUT2D eigenvalue weighted by Crippen LogP contribution is 2.22. The first kappa shape index (κ1) is 14.4. The minimum absolute atomic E-state index is 0.0693. The van der Waals surface area contributed by atoms with Gasteiger partial charge in [-0.1, -0.05) is 0 Å². The first-order chi connectivity index (χ1) is 8.28. The van der Waals surface area contributed by atoms with Crippen LogP contribution in [0.15, 0.2) is 23.1 Å². The number of nitrogen functional groups attached to an aromatic ring is 1. The highest BCUT2D eigenvalue weighted by atomic mass is 32.2. The summed E-state index contributed by atoms with van der Waals surface area (Å²) in [5.74, 6) is -1.19. The predicted octanol–water partition coefficient (Wildman–Crippen LogP) is -0.226. The Morgan fingerprint density at radius 2 is 2.11 bits per heavy atom. The van der Waals surface area contributed by atoms with Crippen LogP contribution in [0.4, 0.5) is 10.1 Å². The lowest BCUT2D eigenvalue weighted by Crippen LogP contribution is -2.37. The molecule has 0 saturated heterocycles. The van der Waals surface area contributed by atoms with Crippen LogP contribution in [0.5, 0.6) is 0 Å². The molecule has 100 valence electrons. The van der Waals surface area contributed by atoms with Gasteiger partial charge < -0.3 is 11.1 Å². The van der Waals surface area contributed by atoms with E-state index >= 15 is 0 Å². The van der Waals surface area contributed by atoms with Gasteiger partial charge in [-0.2, -0.15) is 4.31 Å². The Morgan fingerprint density at radius 3 is 2.67 bits per heavy atom. The van der Waals surface area contributed by atoms with Crippen molar-refractivity contribution in [1.82, 2.24) is 9.62 Å². The number of carbonyl (C=O) groups is 1. The van der Waals surface area contributed by atoms with Crippen LogP contribution in [0, 0.1) is 5.82 Å². The average Bonchev–Trinajstić information content (AvgIpc) is 2.31. The van der Waals surface area contributed by atoms with E-state index in [2.05, 4.69) is 5.32 Å². The monoisotopic (exact) mass is 275 g/mol. The summed E-state index contributed by atoms with van der Waals surface area (Å²) in [5, 5.41) is 2.30. The molecule has 0 spiro atoms. The van der Waals surface area contributed by atoms with E-state index in [9.17, 15) is 17.6 Å². The minimum atomic E-state index is -3.99. The van der Waals surface area contributed by atoms with Gasteiger partial charge in [0.15, 0.2) is 0 Å². The van der Waals surface area contributed by atoms with Crippen LogP contribution in [0.25, 0.3) is 0 Å². The van der Waals surface area contributed by atoms with Crippen molar-refractivity contribution in [3.05, 3.63) is 24.0 Å². The van der Waals surface area contributed by atoms with Gasteiger partial charge in [0.25, 0.3) is 0 Å². The normalized spacial score (nSPS) is 11.6. The Morgan fingerprint density at radius 1 is 1.50 bits per heavy atom. The van der Waals surface area contributed by atoms with Crippen molar-refractivity contribution in [2.24, 2.45) is 0 Å². The third kappa shape index (κ3) is 2.96. The van der Waals surface area contributed by atoms with Gasteiger partial charge in [0, 0.05) is 14.1 Å². The number of amides is 1. The molecule has 0 atom stereocenters. The molecule has 0 fully saturated rings. The quantitative estimate of drug-likeness (QED) is 0.743. The number of carbonyl (C=O) groups excluding carboxylic acids is 1. The van der Waals surface area contributed by atoms with Crippen LogP contribution >= 0.6 is 0 Å². The fourth-order valence-corrected chi connectivity index (χ4v) is 2.52. The molecular formula is C10H14FN3O3S. The number of anilines is 1. The molecule has 1 amide bonds. The standard InChI is InChI=1S/C10H14FN3O3S/c1-13-10(15)6-14(2)18(16,17)9-5-7(11)3-4-8(9)12/h3-5H,6,12H2,1-2H3,(H,13,15). The van der Waals surface area contributed by atoms with E-state index in [-0.39, 0.29) is 17.1 Å². The summed E-state index contributed by atoms with van der Waals surface area (Å²) in [7, 11) is -1.38. The number of nitrogens with one attached hydrogen (secondary N) is 1. The topological polar surface area (TPSA) is 92.5 Å². The molecule has 0 aliphatic rings. The van der Waals surface area contributed by atoms with E-state index < -0.39 is 21.7 Å². The number of benzene rings is 1. The molecule has 6 nitrogen and oxygen atoms in total. The molecule has 0 aliphatic carbocycles. The van der Waals surface area contributed by atoms with E-state index in [0.29, 0.717) is 0 Å². The van der Waals surface area contributed by atoms with Crippen LogP contribution in [0.1, 0.15) is 0 Å². The Balaban J connectivity index is 3.13. The number of likely N-dealkylation sites (N-methyl/N-ethyl adjacent to an activating group) is 2. The van der Waals surface area contributed by atoms with Crippen LogP contribution in [-0.2, 0) is 14.8 Å². The highest BCUT2D eigenvalue weighted by Gasteiger charge is 2.25. The second-order valence-corrected chi connectivity index (χ2v) is 5.63. The molecule has 8 heteroatoms. The second kappa shape index (κ2) is 5.32. The molecule has 18 heavy (non-hydrogen) atoms. The minimum Gasteiger partial charge on any atom is -0.398 e. The maximum atomic E-state index is 13.1. The Labute approximate surface area is 105 Å². The van der Waals surface area contributed by atoms with E-state index in [1.54, 1.807) is 0 Å². The molecule has 1 aromatic carbocycles. The van der Waals surface area contributed by atoms with Crippen molar-refractivity contribution < 1.29 is 17.6 Å². The Hall–Kier alpha value is -1.67. The molecule has 0 radical (unpaired) electrons. The molecule has 0 aromatic heterocycles. The van der Waals surface area contributed by atoms with Gasteiger partial charge in [-0.25, -0.2) is 12.8 Å². The maximum absolute atomic E-state index is 13.1. The average molecular weight is 275 g/mol. The smallest absolute Gasteiger partial charge is 0.245 e. The summed E-state index contributed by atoms with van der Waals surface area (Å²) in [5.41, 5.74) is 5.43. The van der Waals surface area contributed by atoms with Crippen molar-refractivity contribution in [2.75, 3.05) is 26.4 Å². The molecule has 0 heterocycles. The summed E-state index contributed by atoms with van der Waals surface area (Å²) in [4.78, 5) is 10.8. The lowest BCUT2D eigenvalue weighted by Gasteiger charge is -2.17. The Bertz CT molecular complexity index is 559. The van der Waals surface area contributed by atoms with E-state index in [1.807, 2.05) is 0 Å². The molecule has 1 rings (SSSR count).